The number of rotatable bonds is 32. The van der Waals surface area contributed by atoms with Crippen LogP contribution in [-0.4, -0.2) is 134 Å². The van der Waals surface area contributed by atoms with E-state index in [-0.39, 0.29) is 41.4 Å². The van der Waals surface area contributed by atoms with Crippen molar-refractivity contribution in [1.82, 2.24) is 0 Å². The molecular weight excluding hydrogens is 914 g/mol. The van der Waals surface area contributed by atoms with Crippen molar-refractivity contribution in [3.05, 3.63) is 53.3 Å². The number of carbonyl (C=O) groups excluding carboxylic acids is 1. The Balaban J connectivity index is 0.000000501. The minimum Gasteiger partial charge on any atom is -0.455 e. The van der Waals surface area contributed by atoms with Crippen molar-refractivity contribution in [2.24, 2.45) is 0 Å². The third-order valence-electron chi connectivity index (χ3n) is 12.7. The maximum absolute atomic E-state index is 13.7. The number of benzene rings is 2. The Morgan fingerprint density at radius 1 is 0.776 bits per heavy atom. The normalized spacial score (nSPS) is 13.8. The quantitative estimate of drug-likeness (QED) is 0.0360. The fourth-order valence-electron chi connectivity index (χ4n) is 6.68. The number of halogens is 1. The van der Waals surface area contributed by atoms with Gasteiger partial charge in [0.25, 0.3) is 0 Å². The van der Waals surface area contributed by atoms with E-state index >= 15 is 0 Å². The lowest BCUT2D eigenvalue weighted by atomic mass is 9.97. The molecule has 17 heteroatoms. The molecule has 0 unspecified atom stereocenters. The molecule has 67 heavy (non-hydrogen) atoms. The summed E-state index contributed by atoms with van der Waals surface area (Å²) in [5.74, 6) is 0.0293. The Kier molecular flexibility index (Phi) is 24.3. The zero-order chi connectivity index (χ0) is 49.9. The van der Waals surface area contributed by atoms with Crippen LogP contribution in [0.3, 0.4) is 0 Å². The molecule has 3 aromatic rings. The first-order valence-electron chi connectivity index (χ1n) is 24.1. The second-order valence-corrected chi connectivity index (χ2v) is 31.1. The number of ketones is 1. The molecule has 4 rings (SSSR count). The molecule has 13 nitrogen and oxygen atoms in total. The maximum Gasteiger partial charge on any atom is 0.232 e. The molecule has 2 aromatic carbocycles. The van der Waals surface area contributed by atoms with Gasteiger partial charge in [0.15, 0.2) is 22.4 Å². The topological polar surface area (TPSA) is 152 Å². The van der Waals surface area contributed by atoms with Gasteiger partial charge in [-0.2, -0.15) is 0 Å². The first-order chi connectivity index (χ1) is 31.4. The number of fused-ring (bicyclic) bond motifs is 1. The van der Waals surface area contributed by atoms with Crippen LogP contribution in [0.15, 0.2) is 40.8 Å². The van der Waals surface area contributed by atoms with E-state index < -0.39 is 32.5 Å². The molecule has 0 spiro atoms. The van der Waals surface area contributed by atoms with Gasteiger partial charge in [-0.05, 0) is 110 Å². The second kappa shape index (κ2) is 27.7. The Bertz CT molecular complexity index is 2030. The Labute approximate surface area is 404 Å². The van der Waals surface area contributed by atoms with Gasteiger partial charge in [0.05, 0.1) is 96.7 Å². The molecule has 1 heterocycles. The van der Waals surface area contributed by atoms with E-state index in [0.717, 1.165) is 44.3 Å². The molecule has 0 atom stereocenters. The van der Waals surface area contributed by atoms with Crippen LogP contribution in [0.5, 0.6) is 0 Å². The zero-order valence-corrected chi connectivity index (χ0v) is 45.7. The molecule has 0 amide bonds. The summed E-state index contributed by atoms with van der Waals surface area (Å²) in [5, 5.41) is 0.830. The minimum absolute atomic E-state index is 0.0603. The van der Waals surface area contributed by atoms with E-state index in [2.05, 4.69) is 54.6 Å². The SMILES string of the molecule is CCC(=O)c1c(-c2ccc(F)cc2)oc2cc(N(CCOCCOCCOCCCC(C)(C)[Si](C)(C)O)S(C)(=O)=O)c(C3CC3)cc12.CCCOCCOCCOCCO[Si](C)(C)C(C)(C)C. The standard InChI is InChI=1S/C35H50FNO8SSi.C15H34O4Si/c1-7-31(38)33-29-23-28(25-9-10-25)30(24-32(29)45-34(33)26-11-13-27(36)14-12-26)37(46(4,39)40)16-18-43-20-22-44-21-19-42-17-8-15-35(2,3)47(5,6)41;1-7-8-16-9-10-17-11-12-18-13-14-19-20(5,6)15(2,3)4/h11-14,23-25,41H,7-10,15-22H2,1-6H3;7-14H2,1-6H3. The van der Waals surface area contributed by atoms with Crippen LogP contribution in [0, 0.1) is 5.82 Å². The van der Waals surface area contributed by atoms with Crippen LogP contribution in [0.25, 0.3) is 22.3 Å². The van der Waals surface area contributed by atoms with Gasteiger partial charge < -0.3 is 42.1 Å². The van der Waals surface area contributed by atoms with Crippen molar-refractivity contribution in [2.45, 2.75) is 129 Å². The fourth-order valence-corrected chi connectivity index (χ4v) is 9.42. The number of anilines is 1. The van der Waals surface area contributed by atoms with Crippen LogP contribution in [0.4, 0.5) is 10.1 Å². The van der Waals surface area contributed by atoms with E-state index in [0.29, 0.717) is 106 Å². The summed E-state index contributed by atoms with van der Waals surface area (Å²) in [7, 11) is -7.52. The predicted octanol–water partition coefficient (Wildman–Crippen LogP) is 10.8. The number of Topliss-reactive ketones (excluding diaryl/α,β-unsaturated/α-hetero) is 1. The lowest BCUT2D eigenvalue weighted by molar-refractivity contribution is 0.00865. The van der Waals surface area contributed by atoms with Gasteiger partial charge in [0, 0.05) is 36.7 Å². The molecular formula is C50H84FNO12SSi2. The average Bonchev–Trinajstić information content (AvgIpc) is 4.03. The third kappa shape index (κ3) is 19.6. The molecule has 0 bridgehead atoms. The third-order valence-corrected chi connectivity index (χ3v) is 22.0. The van der Waals surface area contributed by atoms with Gasteiger partial charge in [-0.3, -0.25) is 9.10 Å². The number of hydrogen-bond donors (Lipinski definition) is 1. The Morgan fingerprint density at radius 2 is 1.28 bits per heavy atom. The van der Waals surface area contributed by atoms with Gasteiger partial charge in [0.1, 0.15) is 17.2 Å². The molecule has 1 aliphatic rings. The monoisotopic (exact) mass is 998 g/mol. The first-order valence-corrected chi connectivity index (χ1v) is 31.9. The van der Waals surface area contributed by atoms with Crippen LogP contribution in [0.1, 0.15) is 109 Å². The molecule has 1 fully saturated rings. The number of hydrogen-bond acceptors (Lipinski definition) is 12. The van der Waals surface area contributed by atoms with Crippen molar-refractivity contribution in [3.63, 3.8) is 0 Å². The van der Waals surface area contributed by atoms with Crippen molar-refractivity contribution in [3.8, 4) is 11.3 Å². The van der Waals surface area contributed by atoms with Crippen molar-refractivity contribution < 1.29 is 59.7 Å². The highest BCUT2D eigenvalue weighted by Gasteiger charge is 2.38. The van der Waals surface area contributed by atoms with Crippen LogP contribution in [0.2, 0.25) is 36.3 Å². The Morgan fingerprint density at radius 3 is 1.76 bits per heavy atom. The smallest absolute Gasteiger partial charge is 0.232 e. The van der Waals surface area contributed by atoms with E-state index in [1.807, 2.05) is 19.2 Å². The summed E-state index contributed by atoms with van der Waals surface area (Å²) in [5.41, 5.74) is 2.77. The number of carbonyl (C=O) groups is 1. The van der Waals surface area contributed by atoms with Gasteiger partial charge in [0.2, 0.25) is 10.0 Å². The van der Waals surface area contributed by atoms with Crippen molar-refractivity contribution in [1.29, 1.82) is 0 Å². The highest BCUT2D eigenvalue weighted by atomic mass is 32.2. The lowest BCUT2D eigenvalue weighted by Gasteiger charge is -2.36. The van der Waals surface area contributed by atoms with Crippen molar-refractivity contribution >= 4 is 49.1 Å². The molecule has 0 aliphatic heterocycles. The van der Waals surface area contributed by atoms with Gasteiger partial charge >= 0.3 is 0 Å². The summed E-state index contributed by atoms with van der Waals surface area (Å²) in [6.07, 6.45) is 6.13. The highest BCUT2D eigenvalue weighted by molar-refractivity contribution is 7.92. The first kappa shape index (κ1) is 58.8. The van der Waals surface area contributed by atoms with Gasteiger partial charge in [-0.25, -0.2) is 12.8 Å². The predicted molar refractivity (Wildman–Crippen MR) is 272 cm³/mol. The summed E-state index contributed by atoms with van der Waals surface area (Å²) >= 11 is 0. The summed E-state index contributed by atoms with van der Waals surface area (Å²) in [4.78, 5) is 23.5. The second-order valence-electron chi connectivity index (χ2n) is 19.9. The van der Waals surface area contributed by atoms with Gasteiger partial charge in [-0.1, -0.05) is 48.5 Å². The minimum atomic E-state index is -3.68. The highest BCUT2D eigenvalue weighted by Crippen LogP contribution is 2.48. The van der Waals surface area contributed by atoms with E-state index in [1.165, 1.54) is 22.7 Å². The lowest BCUT2D eigenvalue weighted by Crippen LogP contribution is -2.41. The number of furan rings is 1. The molecule has 0 radical (unpaired) electrons. The van der Waals surface area contributed by atoms with Crippen LogP contribution < -0.4 is 4.31 Å². The fraction of sp³-hybridized carbons (Fsp3) is 0.700. The van der Waals surface area contributed by atoms with Gasteiger partial charge in [-0.15, -0.1) is 0 Å². The summed E-state index contributed by atoms with van der Waals surface area (Å²) in [6, 6.07) is 9.38. The van der Waals surface area contributed by atoms with Crippen molar-refractivity contribution in [2.75, 3.05) is 103 Å². The number of sulfonamides is 1. The summed E-state index contributed by atoms with van der Waals surface area (Å²) in [6.45, 7) is 30.4. The maximum atomic E-state index is 13.7. The number of nitrogens with zero attached hydrogens (tertiary/aromatic N) is 1. The van der Waals surface area contributed by atoms with Crippen LogP contribution >= 0.6 is 0 Å². The van der Waals surface area contributed by atoms with E-state index in [4.69, 9.17) is 37.3 Å². The van der Waals surface area contributed by atoms with E-state index in [9.17, 15) is 22.4 Å². The Hall–Kier alpha value is -2.56. The molecule has 0 saturated heterocycles. The zero-order valence-electron chi connectivity index (χ0n) is 42.9. The largest absolute Gasteiger partial charge is 0.455 e. The molecule has 382 valence electrons. The molecule has 1 N–H and O–H groups in total. The summed E-state index contributed by atoms with van der Waals surface area (Å²) < 4.78 is 86.6. The van der Waals surface area contributed by atoms with E-state index in [1.54, 1.807) is 25.1 Å². The average molecular weight is 998 g/mol. The molecule has 1 aromatic heterocycles. The molecule has 1 saturated carbocycles. The van der Waals surface area contributed by atoms with Crippen LogP contribution in [-0.2, 0) is 42.9 Å². The number of ether oxygens (including phenoxy) is 6. The molecule has 1 aliphatic carbocycles.